The third kappa shape index (κ3) is 5.52. The smallest absolute Gasteiger partial charge is 0.410 e. The first-order valence-electron chi connectivity index (χ1n) is 9.99. The highest BCUT2D eigenvalue weighted by atomic mass is 16.6. The molecule has 2 fully saturated rings. The van der Waals surface area contributed by atoms with Gasteiger partial charge in [0.1, 0.15) is 17.5 Å². The number of hydrogen-bond donors (Lipinski definition) is 1. The average molecular weight is 386 g/mol. The van der Waals surface area contributed by atoms with Gasteiger partial charge in [-0.25, -0.2) is 4.79 Å². The highest BCUT2D eigenvalue weighted by molar-refractivity contribution is 5.69. The van der Waals surface area contributed by atoms with Crippen LogP contribution in [-0.4, -0.2) is 62.0 Å². The largest absolute Gasteiger partial charge is 0.490 e. The van der Waals surface area contributed by atoms with Crippen LogP contribution in [0.15, 0.2) is 18.2 Å². The Morgan fingerprint density at radius 1 is 1.14 bits per heavy atom. The molecule has 1 aromatic carbocycles. The summed E-state index contributed by atoms with van der Waals surface area (Å²) in [6.45, 7) is 10.1. The van der Waals surface area contributed by atoms with Crippen LogP contribution in [0.4, 0.5) is 10.5 Å². The summed E-state index contributed by atoms with van der Waals surface area (Å²) in [4.78, 5) is 16.2. The Bertz CT molecular complexity index is 724. The van der Waals surface area contributed by atoms with Crippen LogP contribution in [0.5, 0.6) is 5.75 Å². The Labute approximate surface area is 167 Å². The molecule has 1 aromatic rings. The van der Waals surface area contributed by atoms with Crippen molar-refractivity contribution >= 4 is 11.8 Å². The van der Waals surface area contributed by atoms with Crippen molar-refractivity contribution in [1.29, 1.82) is 5.26 Å². The molecule has 0 saturated carbocycles. The van der Waals surface area contributed by atoms with Gasteiger partial charge < -0.3 is 24.6 Å². The van der Waals surface area contributed by atoms with E-state index in [2.05, 4.69) is 16.3 Å². The fraction of sp³-hybridized carbons (Fsp3) is 0.619. The molecule has 2 aliphatic heterocycles. The second-order valence-corrected chi connectivity index (χ2v) is 8.35. The number of nitrogens with one attached hydrogen (secondary N) is 1. The molecule has 28 heavy (non-hydrogen) atoms. The van der Waals surface area contributed by atoms with Gasteiger partial charge in [0, 0.05) is 37.9 Å². The summed E-state index contributed by atoms with van der Waals surface area (Å²) in [6, 6.07) is 7.93. The highest BCUT2D eigenvalue weighted by Crippen LogP contribution is 2.27. The van der Waals surface area contributed by atoms with E-state index >= 15 is 0 Å². The first-order chi connectivity index (χ1) is 13.3. The molecule has 0 radical (unpaired) electrons. The minimum atomic E-state index is -0.490. The number of nitriles is 1. The van der Waals surface area contributed by atoms with Gasteiger partial charge in [-0.1, -0.05) is 0 Å². The summed E-state index contributed by atoms with van der Waals surface area (Å²) in [5, 5.41) is 12.7. The number of carbonyl (C=O) groups is 1. The van der Waals surface area contributed by atoms with Crippen molar-refractivity contribution < 1.29 is 14.3 Å². The minimum Gasteiger partial charge on any atom is -0.490 e. The van der Waals surface area contributed by atoms with Crippen molar-refractivity contribution in [3.05, 3.63) is 23.8 Å². The standard InChI is InChI=1S/C21H30N4O3/c1-21(2,3)28-20(26)25-10-8-24(9-11-25)17-12-16(15-22)13-19(14-17)27-18-4-6-23-7-5-18/h12-14,18,23H,4-11H2,1-3H3. The summed E-state index contributed by atoms with van der Waals surface area (Å²) < 4.78 is 11.6. The molecule has 2 aliphatic rings. The van der Waals surface area contributed by atoms with E-state index < -0.39 is 5.60 Å². The number of amides is 1. The van der Waals surface area contributed by atoms with Crippen LogP contribution < -0.4 is 15.0 Å². The number of rotatable bonds is 3. The zero-order chi connectivity index (χ0) is 20.1. The SMILES string of the molecule is CC(C)(C)OC(=O)N1CCN(c2cc(C#N)cc(OC3CCNCC3)c2)CC1. The van der Waals surface area contributed by atoms with Crippen molar-refractivity contribution in [2.24, 2.45) is 0 Å². The van der Waals surface area contributed by atoms with Gasteiger partial charge in [-0.05, 0) is 58.8 Å². The van der Waals surface area contributed by atoms with Gasteiger partial charge in [0.2, 0.25) is 0 Å². The van der Waals surface area contributed by atoms with E-state index in [-0.39, 0.29) is 12.2 Å². The molecule has 1 amide bonds. The van der Waals surface area contributed by atoms with E-state index in [1.165, 1.54) is 0 Å². The number of hydrogen-bond acceptors (Lipinski definition) is 6. The Morgan fingerprint density at radius 2 is 1.82 bits per heavy atom. The molecule has 3 rings (SSSR count). The highest BCUT2D eigenvalue weighted by Gasteiger charge is 2.26. The fourth-order valence-electron chi connectivity index (χ4n) is 3.48. The number of benzene rings is 1. The molecular weight excluding hydrogens is 356 g/mol. The molecule has 0 atom stereocenters. The van der Waals surface area contributed by atoms with Crippen LogP contribution in [0.3, 0.4) is 0 Å². The summed E-state index contributed by atoms with van der Waals surface area (Å²) in [5.74, 6) is 0.746. The number of piperidine rings is 1. The van der Waals surface area contributed by atoms with E-state index in [4.69, 9.17) is 9.47 Å². The van der Waals surface area contributed by atoms with Crippen LogP contribution in [0.25, 0.3) is 0 Å². The zero-order valence-corrected chi connectivity index (χ0v) is 17.0. The lowest BCUT2D eigenvalue weighted by Crippen LogP contribution is -2.50. The van der Waals surface area contributed by atoms with Gasteiger partial charge in [0.25, 0.3) is 0 Å². The fourth-order valence-corrected chi connectivity index (χ4v) is 3.48. The van der Waals surface area contributed by atoms with Crippen molar-refractivity contribution in [3.63, 3.8) is 0 Å². The van der Waals surface area contributed by atoms with Gasteiger partial charge in [-0.3, -0.25) is 0 Å². The number of nitrogens with zero attached hydrogens (tertiary/aromatic N) is 3. The normalized spacial score (nSPS) is 18.5. The summed E-state index contributed by atoms with van der Waals surface area (Å²) >= 11 is 0. The number of carbonyl (C=O) groups excluding carboxylic acids is 1. The van der Waals surface area contributed by atoms with E-state index in [1.807, 2.05) is 39.0 Å². The van der Waals surface area contributed by atoms with Crippen LogP contribution in [-0.2, 0) is 4.74 Å². The molecule has 152 valence electrons. The summed E-state index contributed by atoms with van der Waals surface area (Å²) in [7, 11) is 0. The Balaban J connectivity index is 1.64. The number of anilines is 1. The molecule has 0 aromatic heterocycles. The maximum Gasteiger partial charge on any atom is 0.410 e. The Hall–Kier alpha value is -2.46. The summed E-state index contributed by atoms with van der Waals surface area (Å²) in [6.07, 6.45) is 1.86. The Morgan fingerprint density at radius 3 is 2.43 bits per heavy atom. The maximum absolute atomic E-state index is 12.2. The average Bonchev–Trinajstić information content (AvgIpc) is 2.67. The third-order valence-electron chi connectivity index (χ3n) is 4.91. The zero-order valence-electron chi connectivity index (χ0n) is 17.0. The lowest BCUT2D eigenvalue weighted by Gasteiger charge is -2.37. The molecule has 0 spiro atoms. The van der Waals surface area contributed by atoms with E-state index in [9.17, 15) is 10.1 Å². The number of ether oxygens (including phenoxy) is 2. The van der Waals surface area contributed by atoms with Gasteiger partial charge in [0.05, 0.1) is 11.6 Å². The quantitative estimate of drug-likeness (QED) is 0.861. The molecule has 7 nitrogen and oxygen atoms in total. The van der Waals surface area contributed by atoms with E-state index in [0.717, 1.165) is 37.4 Å². The predicted molar refractivity (Wildman–Crippen MR) is 108 cm³/mol. The third-order valence-corrected chi connectivity index (χ3v) is 4.91. The first-order valence-corrected chi connectivity index (χ1v) is 9.99. The molecule has 7 heteroatoms. The lowest BCUT2D eigenvalue weighted by atomic mass is 10.1. The van der Waals surface area contributed by atoms with Gasteiger partial charge >= 0.3 is 6.09 Å². The van der Waals surface area contributed by atoms with Crippen molar-refractivity contribution in [1.82, 2.24) is 10.2 Å². The van der Waals surface area contributed by atoms with Gasteiger partial charge in [-0.15, -0.1) is 0 Å². The Kier molecular flexibility index (Phi) is 6.30. The van der Waals surface area contributed by atoms with Crippen LogP contribution >= 0.6 is 0 Å². The van der Waals surface area contributed by atoms with Crippen molar-refractivity contribution in [2.45, 2.75) is 45.3 Å². The molecule has 0 bridgehead atoms. The van der Waals surface area contributed by atoms with Crippen molar-refractivity contribution in [2.75, 3.05) is 44.2 Å². The molecule has 0 aliphatic carbocycles. The second-order valence-electron chi connectivity index (χ2n) is 8.35. The minimum absolute atomic E-state index is 0.187. The monoisotopic (exact) mass is 386 g/mol. The number of piperazine rings is 1. The topological polar surface area (TPSA) is 77.8 Å². The van der Waals surface area contributed by atoms with Crippen LogP contribution in [0.2, 0.25) is 0 Å². The van der Waals surface area contributed by atoms with E-state index in [1.54, 1.807) is 4.90 Å². The van der Waals surface area contributed by atoms with E-state index in [0.29, 0.717) is 31.7 Å². The first kappa shape index (κ1) is 20.3. The lowest BCUT2D eigenvalue weighted by molar-refractivity contribution is 0.0240. The van der Waals surface area contributed by atoms with Crippen LogP contribution in [0, 0.1) is 11.3 Å². The summed E-state index contributed by atoms with van der Waals surface area (Å²) in [5.41, 5.74) is 1.07. The molecule has 0 unspecified atom stereocenters. The van der Waals surface area contributed by atoms with Gasteiger partial charge in [-0.2, -0.15) is 5.26 Å². The van der Waals surface area contributed by atoms with Crippen molar-refractivity contribution in [3.8, 4) is 11.8 Å². The molecular formula is C21H30N4O3. The predicted octanol–water partition coefficient (Wildman–Crippen LogP) is 2.75. The second kappa shape index (κ2) is 8.70. The molecule has 1 N–H and O–H groups in total. The van der Waals surface area contributed by atoms with Crippen LogP contribution in [0.1, 0.15) is 39.2 Å². The molecule has 2 heterocycles. The van der Waals surface area contributed by atoms with Gasteiger partial charge in [0.15, 0.2) is 0 Å². The molecule has 2 saturated heterocycles. The maximum atomic E-state index is 12.2.